The standard InChI is InChI=1S/C20H30O3/c1-11-8-14-16-13(5-6-18(14,2)17(11)22)19(3)7-4-12(21)9-20(19)10-15(16)23-20/h11-16,21H,4-10H2,1-3H3. The molecule has 2 heterocycles. The van der Waals surface area contributed by atoms with Crippen molar-refractivity contribution in [1.82, 2.24) is 0 Å². The van der Waals surface area contributed by atoms with Crippen molar-refractivity contribution in [3.63, 3.8) is 0 Å². The van der Waals surface area contributed by atoms with Crippen molar-refractivity contribution in [1.29, 1.82) is 0 Å². The van der Waals surface area contributed by atoms with Gasteiger partial charge in [0.25, 0.3) is 0 Å². The molecule has 3 heteroatoms. The molecule has 0 aromatic rings. The van der Waals surface area contributed by atoms with Gasteiger partial charge in [0.15, 0.2) is 0 Å². The number of carbonyl (C=O) groups is 1. The molecular weight excluding hydrogens is 288 g/mol. The Hall–Kier alpha value is -0.410. The van der Waals surface area contributed by atoms with E-state index in [1.165, 1.54) is 6.42 Å². The molecule has 3 nitrogen and oxygen atoms in total. The predicted octanol–water partition coefficient (Wildman–Crippen LogP) is 3.34. The maximum absolute atomic E-state index is 12.8. The zero-order chi connectivity index (χ0) is 16.2. The van der Waals surface area contributed by atoms with Gasteiger partial charge < -0.3 is 9.84 Å². The lowest BCUT2D eigenvalue weighted by Crippen LogP contribution is -2.75. The highest BCUT2D eigenvalue weighted by atomic mass is 16.5. The third-order valence-corrected chi connectivity index (χ3v) is 9.10. The molecule has 128 valence electrons. The van der Waals surface area contributed by atoms with Gasteiger partial charge in [0.05, 0.1) is 17.8 Å². The molecule has 1 spiro atoms. The van der Waals surface area contributed by atoms with Crippen LogP contribution >= 0.6 is 0 Å². The highest BCUT2D eigenvalue weighted by molar-refractivity contribution is 5.89. The summed E-state index contributed by atoms with van der Waals surface area (Å²) in [6.07, 6.45) is 7.47. The lowest BCUT2D eigenvalue weighted by Gasteiger charge is -2.73. The minimum absolute atomic E-state index is 0.0571. The summed E-state index contributed by atoms with van der Waals surface area (Å²) in [5.41, 5.74) is 0.0599. The summed E-state index contributed by atoms with van der Waals surface area (Å²) in [6.45, 7) is 6.82. The number of aliphatic hydroxyl groups is 1. The molecule has 2 aliphatic heterocycles. The topological polar surface area (TPSA) is 46.5 Å². The minimum Gasteiger partial charge on any atom is -0.393 e. The van der Waals surface area contributed by atoms with Gasteiger partial charge in [0, 0.05) is 29.6 Å². The molecule has 0 amide bonds. The summed E-state index contributed by atoms with van der Waals surface area (Å²) < 4.78 is 6.56. The van der Waals surface area contributed by atoms with Gasteiger partial charge in [0.1, 0.15) is 5.78 Å². The van der Waals surface area contributed by atoms with Crippen molar-refractivity contribution in [3.05, 3.63) is 0 Å². The van der Waals surface area contributed by atoms with Gasteiger partial charge in [-0.25, -0.2) is 0 Å². The second-order valence-electron chi connectivity index (χ2n) is 9.92. The van der Waals surface area contributed by atoms with Crippen molar-refractivity contribution in [3.8, 4) is 0 Å². The van der Waals surface area contributed by atoms with E-state index in [1.54, 1.807) is 0 Å². The van der Waals surface area contributed by atoms with Crippen LogP contribution in [0.5, 0.6) is 0 Å². The summed E-state index contributed by atoms with van der Waals surface area (Å²) in [6, 6.07) is 0. The van der Waals surface area contributed by atoms with Gasteiger partial charge in [-0.1, -0.05) is 20.8 Å². The summed E-state index contributed by atoms with van der Waals surface area (Å²) in [5.74, 6) is 2.54. The van der Waals surface area contributed by atoms with Crippen molar-refractivity contribution in [2.24, 2.45) is 34.5 Å². The highest BCUT2D eigenvalue weighted by Gasteiger charge is 2.73. The molecule has 0 aromatic heterocycles. The minimum atomic E-state index is -0.178. The van der Waals surface area contributed by atoms with Gasteiger partial charge >= 0.3 is 0 Å². The Morgan fingerprint density at radius 2 is 1.87 bits per heavy atom. The first kappa shape index (κ1) is 14.9. The van der Waals surface area contributed by atoms with Crippen molar-refractivity contribution in [2.45, 2.75) is 83.5 Å². The monoisotopic (exact) mass is 318 g/mol. The first-order valence-corrected chi connectivity index (χ1v) is 9.71. The van der Waals surface area contributed by atoms with E-state index in [0.29, 0.717) is 29.6 Å². The van der Waals surface area contributed by atoms with E-state index < -0.39 is 0 Å². The van der Waals surface area contributed by atoms with E-state index >= 15 is 0 Å². The third-order valence-electron chi connectivity index (χ3n) is 9.10. The number of ether oxygens (including phenoxy) is 1. The van der Waals surface area contributed by atoms with Gasteiger partial charge in [-0.2, -0.15) is 0 Å². The zero-order valence-electron chi connectivity index (χ0n) is 14.7. The lowest BCUT2D eigenvalue weighted by molar-refractivity contribution is -0.373. The van der Waals surface area contributed by atoms with Crippen LogP contribution in [-0.2, 0) is 9.53 Å². The summed E-state index contributed by atoms with van der Waals surface area (Å²) in [4.78, 5) is 12.8. The molecule has 9 unspecified atom stereocenters. The smallest absolute Gasteiger partial charge is 0.141 e. The summed E-state index contributed by atoms with van der Waals surface area (Å²) in [7, 11) is 0. The molecule has 4 aliphatic carbocycles. The molecule has 2 saturated heterocycles. The van der Waals surface area contributed by atoms with Gasteiger partial charge in [-0.05, 0) is 49.9 Å². The number of hydrogen-bond donors (Lipinski definition) is 1. The Balaban J connectivity index is 1.54. The van der Waals surface area contributed by atoms with Crippen LogP contribution in [0.1, 0.15) is 65.7 Å². The SMILES string of the molecule is CC1CC2C3C4CC5(CC(O)CCC5(C)C3CCC2(C)C1=O)O4. The van der Waals surface area contributed by atoms with E-state index in [4.69, 9.17) is 4.74 Å². The summed E-state index contributed by atoms with van der Waals surface area (Å²) in [5, 5.41) is 10.2. The van der Waals surface area contributed by atoms with Crippen LogP contribution in [0.25, 0.3) is 0 Å². The maximum Gasteiger partial charge on any atom is 0.141 e. The molecule has 4 saturated carbocycles. The van der Waals surface area contributed by atoms with Crippen LogP contribution in [-0.4, -0.2) is 28.7 Å². The molecule has 1 N–H and O–H groups in total. The average Bonchev–Trinajstić information content (AvgIpc) is 2.70. The molecule has 9 atom stereocenters. The number of fused-ring (bicyclic) bond motifs is 1. The number of aliphatic hydroxyl groups excluding tert-OH is 1. The second kappa shape index (κ2) is 4.22. The van der Waals surface area contributed by atoms with Crippen LogP contribution in [0.15, 0.2) is 0 Å². The molecule has 2 bridgehead atoms. The van der Waals surface area contributed by atoms with Crippen LogP contribution in [0.4, 0.5) is 0 Å². The number of ketones is 1. The van der Waals surface area contributed by atoms with E-state index in [1.807, 2.05) is 0 Å². The largest absolute Gasteiger partial charge is 0.393 e. The number of carbonyl (C=O) groups excluding carboxylic acids is 1. The van der Waals surface area contributed by atoms with E-state index in [0.717, 1.165) is 38.5 Å². The third kappa shape index (κ3) is 1.53. The van der Waals surface area contributed by atoms with Gasteiger partial charge in [0.2, 0.25) is 0 Å². The molecular formula is C20H30O3. The second-order valence-corrected chi connectivity index (χ2v) is 9.92. The molecule has 23 heavy (non-hydrogen) atoms. The average molecular weight is 318 g/mol. The van der Waals surface area contributed by atoms with E-state index in [9.17, 15) is 9.90 Å². The fourth-order valence-corrected chi connectivity index (χ4v) is 7.83. The van der Waals surface area contributed by atoms with Gasteiger partial charge in [-0.3, -0.25) is 4.79 Å². The van der Waals surface area contributed by atoms with E-state index in [-0.39, 0.29) is 28.5 Å². The zero-order valence-corrected chi connectivity index (χ0v) is 14.7. The molecule has 6 fully saturated rings. The number of hydrogen-bond acceptors (Lipinski definition) is 3. The summed E-state index contributed by atoms with van der Waals surface area (Å²) >= 11 is 0. The molecule has 6 rings (SSSR count). The van der Waals surface area contributed by atoms with E-state index in [2.05, 4.69) is 20.8 Å². The van der Waals surface area contributed by atoms with Gasteiger partial charge in [-0.15, -0.1) is 0 Å². The van der Waals surface area contributed by atoms with Crippen LogP contribution in [0.3, 0.4) is 0 Å². The highest BCUT2D eigenvalue weighted by Crippen LogP contribution is 2.72. The molecule has 0 radical (unpaired) electrons. The molecule has 0 aromatic carbocycles. The van der Waals surface area contributed by atoms with Crippen molar-refractivity contribution >= 4 is 5.78 Å². The van der Waals surface area contributed by atoms with Crippen molar-refractivity contribution in [2.75, 3.05) is 0 Å². The van der Waals surface area contributed by atoms with Crippen LogP contribution in [0.2, 0.25) is 0 Å². The Labute approximate surface area is 139 Å². The van der Waals surface area contributed by atoms with Crippen LogP contribution < -0.4 is 0 Å². The first-order valence-electron chi connectivity index (χ1n) is 9.71. The Bertz CT molecular complexity index is 565. The number of rotatable bonds is 0. The first-order chi connectivity index (χ1) is 10.8. The normalized spacial score (nSPS) is 63.7. The lowest BCUT2D eigenvalue weighted by atomic mass is 9.40. The molecule has 6 aliphatic rings. The Kier molecular flexibility index (Phi) is 2.73. The van der Waals surface area contributed by atoms with Crippen LogP contribution in [0, 0.1) is 34.5 Å². The predicted molar refractivity (Wildman–Crippen MR) is 86.8 cm³/mol. The fraction of sp³-hybridized carbons (Fsp3) is 0.950. The number of Topliss-reactive ketones (excluding diaryl/α,β-unsaturated/α-hetero) is 1. The Morgan fingerprint density at radius 1 is 1.13 bits per heavy atom. The Morgan fingerprint density at radius 3 is 2.61 bits per heavy atom. The maximum atomic E-state index is 12.8. The van der Waals surface area contributed by atoms with Crippen molar-refractivity contribution < 1.29 is 14.6 Å². The fourth-order valence-electron chi connectivity index (χ4n) is 7.83. The quantitative estimate of drug-likeness (QED) is 0.745.